The average Bonchev–Trinajstić information content (AvgIpc) is 2.26. The van der Waals surface area contributed by atoms with Crippen LogP contribution in [0.2, 0.25) is 0 Å². The van der Waals surface area contributed by atoms with E-state index in [9.17, 15) is 4.79 Å². The van der Waals surface area contributed by atoms with Gasteiger partial charge in [-0.2, -0.15) is 0 Å². The number of nitrogens with one attached hydrogen (secondary N) is 1. The molecule has 0 radical (unpaired) electrons. The molecule has 2 atom stereocenters. The fraction of sp³-hybridized carbons (Fsp3) is 0.400. The molecule has 94 valence electrons. The first-order valence-electron chi connectivity index (χ1n) is 6.41. The van der Waals surface area contributed by atoms with Crippen LogP contribution in [0.4, 0.5) is 0 Å². The monoisotopic (exact) mass is 242 g/mol. The van der Waals surface area contributed by atoms with E-state index in [2.05, 4.69) is 31.0 Å². The predicted molar refractivity (Wildman–Crippen MR) is 72.3 cm³/mol. The van der Waals surface area contributed by atoms with Crippen LogP contribution in [0.5, 0.6) is 0 Å². The van der Waals surface area contributed by atoms with Gasteiger partial charge in [-0.05, 0) is 49.8 Å². The van der Waals surface area contributed by atoms with Crippen molar-refractivity contribution < 1.29 is 0 Å². The summed E-state index contributed by atoms with van der Waals surface area (Å²) in [5, 5.41) is 0. The van der Waals surface area contributed by atoms with Gasteiger partial charge in [0.2, 0.25) is 5.56 Å². The Hall–Kier alpha value is -1.61. The van der Waals surface area contributed by atoms with E-state index in [-0.39, 0.29) is 5.56 Å². The number of allylic oxidation sites excluding steroid dienone is 2. The number of hydrogen-bond donors (Lipinski definition) is 2. The van der Waals surface area contributed by atoms with Gasteiger partial charge in [-0.1, -0.05) is 17.7 Å². The summed E-state index contributed by atoms with van der Waals surface area (Å²) in [6.45, 7) is 4.19. The summed E-state index contributed by atoms with van der Waals surface area (Å²) in [5.41, 5.74) is 10.7. The summed E-state index contributed by atoms with van der Waals surface area (Å²) >= 11 is 0. The molecule has 3 rings (SSSR count). The Bertz CT molecular complexity index is 624. The van der Waals surface area contributed by atoms with Crippen LogP contribution in [0.25, 0.3) is 0 Å². The number of aromatic nitrogens is 1. The molecule has 3 nitrogen and oxygen atoms in total. The predicted octanol–water partition coefficient (Wildman–Crippen LogP) is 2.00. The topological polar surface area (TPSA) is 58.9 Å². The highest BCUT2D eigenvalue weighted by molar-refractivity contribution is 5.50. The fourth-order valence-electron chi connectivity index (χ4n) is 3.57. The number of pyridine rings is 1. The van der Waals surface area contributed by atoms with Crippen LogP contribution in [0, 0.1) is 5.92 Å². The van der Waals surface area contributed by atoms with E-state index < -0.39 is 5.54 Å². The van der Waals surface area contributed by atoms with Gasteiger partial charge in [-0.25, -0.2) is 0 Å². The van der Waals surface area contributed by atoms with Crippen molar-refractivity contribution in [2.24, 2.45) is 11.7 Å². The highest BCUT2D eigenvalue weighted by atomic mass is 16.1. The van der Waals surface area contributed by atoms with Gasteiger partial charge in [0.15, 0.2) is 0 Å². The highest BCUT2D eigenvalue weighted by Gasteiger charge is 2.42. The van der Waals surface area contributed by atoms with Gasteiger partial charge in [-0.15, -0.1) is 0 Å². The summed E-state index contributed by atoms with van der Waals surface area (Å²) in [5.74, 6) is 0.426. The van der Waals surface area contributed by atoms with Gasteiger partial charge >= 0.3 is 0 Å². The van der Waals surface area contributed by atoms with Gasteiger partial charge in [-0.3, -0.25) is 4.79 Å². The van der Waals surface area contributed by atoms with Crippen LogP contribution in [-0.4, -0.2) is 4.98 Å². The largest absolute Gasteiger partial charge is 0.326 e. The third-order valence-corrected chi connectivity index (χ3v) is 4.17. The Kier molecular flexibility index (Phi) is 2.35. The first-order chi connectivity index (χ1) is 8.54. The summed E-state index contributed by atoms with van der Waals surface area (Å²) in [6, 6.07) is 3.45. The van der Waals surface area contributed by atoms with Crippen LogP contribution in [-0.2, 0) is 12.0 Å². The molecule has 0 saturated heterocycles. The van der Waals surface area contributed by atoms with Gasteiger partial charge in [0.1, 0.15) is 0 Å². The molecule has 3 N–H and O–H groups in total. The minimum Gasteiger partial charge on any atom is -0.326 e. The molecular formula is C15H18N2O. The van der Waals surface area contributed by atoms with Gasteiger partial charge < -0.3 is 10.7 Å². The van der Waals surface area contributed by atoms with Crippen molar-refractivity contribution in [3.05, 3.63) is 57.0 Å². The molecule has 0 unspecified atom stereocenters. The Balaban J connectivity index is 2.31. The molecule has 0 aromatic carbocycles. The smallest absolute Gasteiger partial charge is 0.248 e. The molecule has 0 spiro atoms. The van der Waals surface area contributed by atoms with Crippen molar-refractivity contribution in [3.8, 4) is 0 Å². The molecular weight excluding hydrogens is 224 g/mol. The number of nitrogens with two attached hydrogens (primary N) is 1. The van der Waals surface area contributed by atoms with Crippen molar-refractivity contribution in [2.75, 3.05) is 0 Å². The quantitative estimate of drug-likeness (QED) is 0.684. The Labute approximate surface area is 106 Å². The van der Waals surface area contributed by atoms with Crippen molar-refractivity contribution in [1.29, 1.82) is 0 Å². The van der Waals surface area contributed by atoms with Crippen molar-refractivity contribution in [2.45, 2.75) is 32.2 Å². The molecule has 18 heavy (non-hydrogen) atoms. The van der Waals surface area contributed by atoms with Crippen molar-refractivity contribution in [1.82, 2.24) is 4.98 Å². The Morgan fingerprint density at radius 1 is 1.44 bits per heavy atom. The van der Waals surface area contributed by atoms with Crippen LogP contribution >= 0.6 is 0 Å². The molecule has 1 heterocycles. The minimum absolute atomic E-state index is 0.0416. The maximum atomic E-state index is 11.5. The number of rotatable bonds is 0. The van der Waals surface area contributed by atoms with E-state index in [1.54, 1.807) is 6.07 Å². The maximum absolute atomic E-state index is 11.5. The zero-order valence-corrected chi connectivity index (χ0v) is 10.8. The lowest BCUT2D eigenvalue weighted by Gasteiger charge is -2.44. The molecule has 0 saturated carbocycles. The Morgan fingerprint density at radius 2 is 2.22 bits per heavy atom. The number of hydrogen-bond acceptors (Lipinski definition) is 2. The molecule has 1 aromatic rings. The third kappa shape index (κ3) is 1.44. The van der Waals surface area contributed by atoms with Gasteiger partial charge in [0, 0.05) is 11.8 Å². The second kappa shape index (κ2) is 3.69. The number of H-pyrrole nitrogens is 1. The second-order valence-electron chi connectivity index (χ2n) is 5.42. The first kappa shape index (κ1) is 11.5. The first-order valence-corrected chi connectivity index (χ1v) is 6.41. The molecule has 2 aliphatic rings. The second-order valence-corrected chi connectivity index (χ2v) is 5.42. The molecule has 0 aliphatic heterocycles. The molecule has 0 amide bonds. The normalized spacial score (nSPS) is 32.1. The van der Waals surface area contributed by atoms with E-state index in [0.717, 1.165) is 24.1 Å². The molecule has 2 aliphatic carbocycles. The maximum Gasteiger partial charge on any atom is 0.248 e. The van der Waals surface area contributed by atoms with Gasteiger partial charge in [0.05, 0.1) is 5.54 Å². The lowest BCUT2D eigenvalue weighted by atomic mass is 9.64. The fourth-order valence-corrected chi connectivity index (χ4v) is 3.57. The van der Waals surface area contributed by atoms with Crippen LogP contribution in [0.3, 0.4) is 0 Å². The van der Waals surface area contributed by atoms with Crippen LogP contribution < -0.4 is 11.3 Å². The van der Waals surface area contributed by atoms with E-state index >= 15 is 0 Å². The molecule has 3 heteroatoms. The minimum atomic E-state index is -0.528. The lowest BCUT2D eigenvalue weighted by molar-refractivity contribution is 0.430. The summed E-state index contributed by atoms with van der Waals surface area (Å²) < 4.78 is 0. The van der Waals surface area contributed by atoms with E-state index in [0.29, 0.717) is 5.92 Å². The van der Waals surface area contributed by atoms with Crippen LogP contribution in [0.15, 0.2) is 40.2 Å². The standard InChI is InChI=1S/C15H18N2O/c1-3-11-10-6-9(2)8-15(11,16)12-4-5-14(18)17-13(12)7-10/h3-5,8,10H,6-7,16H2,1-2H3,(H,17,18)/b11-3+/t10-,15+/m0/s1. The lowest BCUT2D eigenvalue weighted by Crippen LogP contribution is -2.47. The number of aromatic amines is 1. The Morgan fingerprint density at radius 3 is 2.94 bits per heavy atom. The molecule has 2 bridgehead atoms. The summed E-state index contributed by atoms with van der Waals surface area (Å²) in [6.07, 6.45) is 6.21. The average molecular weight is 242 g/mol. The highest BCUT2D eigenvalue weighted by Crippen LogP contribution is 2.46. The van der Waals surface area contributed by atoms with E-state index in [4.69, 9.17) is 5.73 Å². The molecule has 0 fully saturated rings. The zero-order chi connectivity index (χ0) is 12.9. The van der Waals surface area contributed by atoms with E-state index in [1.165, 1.54) is 11.1 Å². The van der Waals surface area contributed by atoms with Crippen molar-refractivity contribution >= 4 is 0 Å². The van der Waals surface area contributed by atoms with Crippen LogP contribution in [0.1, 0.15) is 31.5 Å². The SMILES string of the molecule is C/C=C1\[C@H]2CC(C)=C[C@]1(N)c1ccc(=O)[nH]c1C2. The third-order valence-electron chi connectivity index (χ3n) is 4.17. The van der Waals surface area contributed by atoms with E-state index in [1.807, 2.05) is 6.07 Å². The zero-order valence-electron chi connectivity index (χ0n) is 10.8. The molecule has 1 aromatic heterocycles. The van der Waals surface area contributed by atoms with Gasteiger partial charge in [0.25, 0.3) is 0 Å². The number of fused-ring (bicyclic) bond motifs is 4. The summed E-state index contributed by atoms with van der Waals surface area (Å²) in [4.78, 5) is 14.4. The van der Waals surface area contributed by atoms with Crippen molar-refractivity contribution in [3.63, 3.8) is 0 Å². The summed E-state index contributed by atoms with van der Waals surface area (Å²) in [7, 11) is 0.